The minimum absolute atomic E-state index is 0.240. The Kier molecular flexibility index (Phi) is 3.16. The summed E-state index contributed by atoms with van der Waals surface area (Å²) >= 11 is 2.20. The van der Waals surface area contributed by atoms with Crippen LogP contribution >= 0.6 is 22.6 Å². The first-order chi connectivity index (χ1) is 9.24. The zero-order valence-electron chi connectivity index (χ0n) is 9.75. The van der Waals surface area contributed by atoms with E-state index in [1.165, 1.54) is 10.9 Å². The molecule has 1 amide bonds. The lowest BCUT2D eigenvalue weighted by Gasteiger charge is -2.06. The molecule has 0 spiro atoms. The van der Waals surface area contributed by atoms with Crippen molar-refractivity contribution in [2.45, 2.75) is 0 Å². The molecule has 2 aromatic heterocycles. The minimum atomic E-state index is -0.240. The molecule has 0 aliphatic rings. The first-order valence-corrected chi connectivity index (χ1v) is 6.66. The molecule has 0 radical (unpaired) electrons. The fraction of sp³-hybridized carbons (Fsp3) is 0. The third-order valence-electron chi connectivity index (χ3n) is 2.64. The van der Waals surface area contributed by atoms with E-state index >= 15 is 0 Å². The van der Waals surface area contributed by atoms with E-state index in [-0.39, 0.29) is 6.03 Å². The van der Waals surface area contributed by atoms with Crippen LogP contribution < -0.4 is 5.32 Å². The van der Waals surface area contributed by atoms with Crippen molar-refractivity contribution in [3.05, 3.63) is 52.6 Å². The van der Waals surface area contributed by atoms with Gasteiger partial charge in [-0.2, -0.15) is 0 Å². The van der Waals surface area contributed by atoms with Crippen LogP contribution in [0.2, 0.25) is 0 Å². The molecule has 1 N–H and O–H groups in total. The predicted molar refractivity (Wildman–Crippen MR) is 81.1 cm³/mol. The number of hydrogen-bond donors (Lipinski definition) is 1. The summed E-state index contributed by atoms with van der Waals surface area (Å²) in [4.78, 5) is 20.2. The maximum atomic E-state index is 12.2. The number of anilines is 1. The lowest BCUT2D eigenvalue weighted by atomic mass is 10.3. The van der Waals surface area contributed by atoms with Gasteiger partial charge < -0.3 is 5.32 Å². The Bertz CT molecular complexity index is 753. The van der Waals surface area contributed by atoms with Gasteiger partial charge in [-0.1, -0.05) is 6.07 Å². The Morgan fingerprint density at radius 2 is 2.21 bits per heavy atom. The fourth-order valence-electron chi connectivity index (χ4n) is 1.79. The van der Waals surface area contributed by atoms with Gasteiger partial charge in [0.2, 0.25) is 0 Å². The highest BCUT2D eigenvalue weighted by atomic mass is 127. The van der Waals surface area contributed by atoms with E-state index in [4.69, 9.17) is 0 Å². The molecule has 3 aromatic rings. The van der Waals surface area contributed by atoms with Gasteiger partial charge in [0.15, 0.2) is 5.65 Å². The van der Waals surface area contributed by atoms with Crippen LogP contribution in [0.25, 0.3) is 11.0 Å². The summed E-state index contributed by atoms with van der Waals surface area (Å²) in [6.07, 6.45) is 4.79. The Hall–Kier alpha value is -1.96. The van der Waals surface area contributed by atoms with Gasteiger partial charge >= 0.3 is 6.03 Å². The average molecular weight is 364 g/mol. The first-order valence-electron chi connectivity index (χ1n) is 5.58. The van der Waals surface area contributed by atoms with Gasteiger partial charge in [-0.15, -0.1) is 0 Å². The molecule has 1 aromatic carbocycles. The summed E-state index contributed by atoms with van der Waals surface area (Å²) in [5, 5.41) is 3.67. The molecule has 0 saturated carbocycles. The Morgan fingerprint density at radius 1 is 1.32 bits per heavy atom. The monoisotopic (exact) mass is 364 g/mol. The number of benzene rings is 1. The number of fused-ring (bicyclic) bond motifs is 1. The predicted octanol–water partition coefficient (Wildman–Crippen LogP) is 3.12. The highest BCUT2D eigenvalue weighted by Crippen LogP contribution is 2.15. The van der Waals surface area contributed by atoms with Gasteiger partial charge in [-0.05, 0) is 46.9 Å². The highest BCUT2D eigenvalue weighted by molar-refractivity contribution is 14.1. The van der Waals surface area contributed by atoms with Gasteiger partial charge in [-0.25, -0.2) is 14.8 Å². The van der Waals surface area contributed by atoms with Crippen molar-refractivity contribution in [2.75, 3.05) is 5.32 Å². The van der Waals surface area contributed by atoms with Crippen molar-refractivity contribution in [1.29, 1.82) is 0 Å². The van der Waals surface area contributed by atoms with Gasteiger partial charge in [0.05, 0.1) is 0 Å². The Labute approximate surface area is 122 Å². The highest BCUT2D eigenvalue weighted by Gasteiger charge is 2.09. The topological polar surface area (TPSA) is 59.8 Å². The van der Waals surface area contributed by atoms with Gasteiger partial charge in [0.25, 0.3) is 0 Å². The van der Waals surface area contributed by atoms with Gasteiger partial charge in [0, 0.05) is 27.0 Å². The van der Waals surface area contributed by atoms with Crippen molar-refractivity contribution < 1.29 is 4.79 Å². The van der Waals surface area contributed by atoms with Crippen molar-refractivity contribution >= 4 is 45.3 Å². The van der Waals surface area contributed by atoms with Crippen LogP contribution in [0.4, 0.5) is 10.5 Å². The third-order valence-corrected chi connectivity index (χ3v) is 3.32. The molecule has 0 saturated heterocycles. The van der Waals surface area contributed by atoms with Crippen molar-refractivity contribution in [3.8, 4) is 0 Å². The van der Waals surface area contributed by atoms with Crippen molar-refractivity contribution in [2.24, 2.45) is 0 Å². The van der Waals surface area contributed by atoms with Crippen molar-refractivity contribution in [3.63, 3.8) is 0 Å². The summed E-state index contributed by atoms with van der Waals surface area (Å²) in [6, 6.07) is 9.18. The number of hydrogen-bond acceptors (Lipinski definition) is 3. The largest absolute Gasteiger partial charge is 0.331 e. The summed E-state index contributed by atoms with van der Waals surface area (Å²) in [5.41, 5.74) is 1.35. The SMILES string of the molecule is O=C(Nc1cccc(I)c1)n1ccc2cncnc21. The van der Waals surface area contributed by atoms with E-state index in [1.807, 2.05) is 30.3 Å². The van der Waals surface area contributed by atoms with E-state index in [1.54, 1.807) is 12.4 Å². The molecular formula is C13H9IN4O. The lowest BCUT2D eigenvalue weighted by molar-refractivity contribution is 0.254. The quantitative estimate of drug-likeness (QED) is 0.675. The molecule has 19 heavy (non-hydrogen) atoms. The molecule has 2 heterocycles. The number of carbonyl (C=O) groups excluding carboxylic acids is 1. The number of nitrogens with one attached hydrogen (secondary N) is 1. The molecule has 0 bridgehead atoms. The number of rotatable bonds is 1. The van der Waals surface area contributed by atoms with E-state index < -0.39 is 0 Å². The normalized spacial score (nSPS) is 10.6. The van der Waals surface area contributed by atoms with E-state index in [2.05, 4.69) is 37.9 Å². The third kappa shape index (κ3) is 2.43. The van der Waals surface area contributed by atoms with Crippen LogP contribution in [0, 0.1) is 3.57 Å². The van der Waals surface area contributed by atoms with Gasteiger partial charge in [0.1, 0.15) is 6.33 Å². The van der Waals surface area contributed by atoms with Crippen LogP contribution in [-0.4, -0.2) is 20.6 Å². The summed E-state index contributed by atoms with van der Waals surface area (Å²) in [6.45, 7) is 0. The molecule has 0 atom stereocenters. The summed E-state index contributed by atoms with van der Waals surface area (Å²) < 4.78 is 2.53. The number of halogens is 1. The van der Waals surface area contributed by atoms with Gasteiger partial charge in [-0.3, -0.25) is 4.57 Å². The molecular weight excluding hydrogens is 355 g/mol. The average Bonchev–Trinajstić information content (AvgIpc) is 2.82. The Morgan fingerprint density at radius 3 is 3.05 bits per heavy atom. The minimum Gasteiger partial charge on any atom is -0.307 e. The van der Waals surface area contributed by atoms with Crippen LogP contribution in [0.5, 0.6) is 0 Å². The molecule has 0 unspecified atom stereocenters. The van der Waals surface area contributed by atoms with Crippen LogP contribution in [0.15, 0.2) is 49.1 Å². The van der Waals surface area contributed by atoms with Crippen LogP contribution in [-0.2, 0) is 0 Å². The fourth-order valence-corrected chi connectivity index (χ4v) is 2.34. The summed E-state index contributed by atoms with van der Waals surface area (Å²) in [5.74, 6) is 0. The zero-order chi connectivity index (χ0) is 13.2. The maximum absolute atomic E-state index is 12.2. The molecule has 6 heteroatoms. The number of aromatic nitrogens is 3. The second-order valence-corrected chi connectivity index (χ2v) is 5.17. The molecule has 0 fully saturated rings. The number of nitrogens with zero attached hydrogens (tertiary/aromatic N) is 3. The second kappa shape index (κ2) is 4.96. The van der Waals surface area contributed by atoms with Crippen LogP contribution in [0.1, 0.15) is 0 Å². The van der Waals surface area contributed by atoms with Crippen molar-refractivity contribution in [1.82, 2.24) is 14.5 Å². The van der Waals surface area contributed by atoms with E-state index in [0.29, 0.717) is 5.65 Å². The molecule has 94 valence electrons. The summed E-state index contributed by atoms with van der Waals surface area (Å²) in [7, 11) is 0. The lowest BCUT2D eigenvalue weighted by Crippen LogP contribution is -2.18. The smallest absolute Gasteiger partial charge is 0.307 e. The molecule has 5 nitrogen and oxygen atoms in total. The van der Waals surface area contributed by atoms with Crippen LogP contribution in [0.3, 0.4) is 0 Å². The second-order valence-electron chi connectivity index (χ2n) is 3.93. The van der Waals surface area contributed by atoms with E-state index in [0.717, 1.165) is 14.6 Å². The maximum Gasteiger partial charge on any atom is 0.331 e. The zero-order valence-corrected chi connectivity index (χ0v) is 11.9. The molecule has 0 aliphatic heterocycles. The number of carbonyl (C=O) groups is 1. The number of amides is 1. The molecule has 0 aliphatic carbocycles. The standard InChI is InChI=1S/C13H9IN4O/c14-10-2-1-3-11(6-10)17-13(19)18-5-4-9-7-15-8-16-12(9)18/h1-8H,(H,17,19). The Balaban J connectivity index is 1.92. The molecule has 3 rings (SSSR count). The first kappa shape index (κ1) is 12.1. The van der Waals surface area contributed by atoms with E-state index in [9.17, 15) is 4.79 Å².